The standard InChI is InChI=1S/C16H18N2O5S/c1-21-13-8-9-15(23-3)16(10-13)24(19,20)18-17-11-12-6-4-5-7-14(12)22-2/h4-11,18H,1-3H3/b17-11+. The van der Waals surface area contributed by atoms with Gasteiger partial charge in [0.15, 0.2) is 0 Å². The van der Waals surface area contributed by atoms with Gasteiger partial charge in [-0.3, -0.25) is 0 Å². The van der Waals surface area contributed by atoms with Crippen molar-refractivity contribution in [2.24, 2.45) is 5.10 Å². The first-order chi connectivity index (χ1) is 11.5. The van der Waals surface area contributed by atoms with Gasteiger partial charge in [0.05, 0.1) is 27.5 Å². The molecule has 7 nitrogen and oxygen atoms in total. The van der Waals surface area contributed by atoms with Gasteiger partial charge in [-0.15, -0.1) is 0 Å². The van der Waals surface area contributed by atoms with Gasteiger partial charge in [-0.25, -0.2) is 0 Å². The summed E-state index contributed by atoms with van der Waals surface area (Å²) in [7, 11) is 0.444. The molecule has 8 heteroatoms. The molecular weight excluding hydrogens is 332 g/mol. The van der Waals surface area contributed by atoms with Crippen LogP contribution < -0.4 is 19.0 Å². The van der Waals surface area contributed by atoms with E-state index in [1.54, 1.807) is 30.3 Å². The van der Waals surface area contributed by atoms with Gasteiger partial charge in [0, 0.05) is 11.6 Å². The van der Waals surface area contributed by atoms with Crippen LogP contribution in [0.25, 0.3) is 0 Å². The van der Waals surface area contributed by atoms with E-state index < -0.39 is 10.0 Å². The van der Waals surface area contributed by atoms with Crippen LogP contribution >= 0.6 is 0 Å². The zero-order chi connectivity index (χ0) is 17.6. The second-order valence-corrected chi connectivity index (χ2v) is 6.24. The van der Waals surface area contributed by atoms with Crippen molar-refractivity contribution in [2.45, 2.75) is 4.90 Å². The first kappa shape index (κ1) is 17.6. The summed E-state index contributed by atoms with van der Waals surface area (Å²) < 4.78 is 40.2. The molecule has 0 aliphatic rings. The first-order valence-corrected chi connectivity index (χ1v) is 8.40. The number of rotatable bonds is 7. The lowest BCUT2D eigenvalue weighted by atomic mass is 10.2. The van der Waals surface area contributed by atoms with E-state index in [9.17, 15) is 8.42 Å². The lowest BCUT2D eigenvalue weighted by Crippen LogP contribution is -2.19. The van der Waals surface area contributed by atoms with Crippen molar-refractivity contribution in [3.05, 3.63) is 48.0 Å². The van der Waals surface area contributed by atoms with Crippen LogP contribution in [0.4, 0.5) is 0 Å². The van der Waals surface area contributed by atoms with Gasteiger partial charge in [0.1, 0.15) is 22.1 Å². The lowest BCUT2D eigenvalue weighted by molar-refractivity contribution is 0.392. The summed E-state index contributed by atoms with van der Waals surface area (Å²) in [6, 6.07) is 11.6. The summed E-state index contributed by atoms with van der Waals surface area (Å²) in [5, 5.41) is 3.79. The molecule has 0 radical (unpaired) electrons. The molecule has 0 spiro atoms. The minimum atomic E-state index is -3.92. The number of sulfonamides is 1. The zero-order valence-electron chi connectivity index (χ0n) is 13.5. The minimum absolute atomic E-state index is 0.0680. The summed E-state index contributed by atoms with van der Waals surface area (Å²) >= 11 is 0. The van der Waals surface area contributed by atoms with Crippen LogP contribution in [0.2, 0.25) is 0 Å². The number of hydrogen-bond donors (Lipinski definition) is 1. The summed E-state index contributed by atoms with van der Waals surface area (Å²) in [5.74, 6) is 1.17. The number of nitrogens with one attached hydrogen (secondary N) is 1. The van der Waals surface area contributed by atoms with Crippen LogP contribution in [0.5, 0.6) is 17.2 Å². The molecule has 2 aromatic carbocycles. The Morgan fingerprint density at radius 2 is 1.67 bits per heavy atom. The molecular formula is C16H18N2O5S. The maximum Gasteiger partial charge on any atom is 0.280 e. The van der Waals surface area contributed by atoms with E-state index in [2.05, 4.69) is 9.93 Å². The molecule has 0 heterocycles. The molecule has 128 valence electrons. The van der Waals surface area contributed by atoms with E-state index in [0.717, 1.165) is 0 Å². The number of nitrogens with zero attached hydrogens (tertiary/aromatic N) is 1. The third-order valence-electron chi connectivity index (χ3n) is 3.18. The smallest absolute Gasteiger partial charge is 0.280 e. The number of hydrazone groups is 1. The quantitative estimate of drug-likeness (QED) is 0.610. The topological polar surface area (TPSA) is 86.2 Å². The Bertz CT molecular complexity index is 834. The molecule has 0 fully saturated rings. The van der Waals surface area contributed by atoms with Crippen LogP contribution in [-0.2, 0) is 10.0 Å². The molecule has 0 aliphatic carbocycles. The van der Waals surface area contributed by atoms with Gasteiger partial charge in [-0.2, -0.15) is 18.4 Å². The first-order valence-electron chi connectivity index (χ1n) is 6.91. The van der Waals surface area contributed by atoms with Gasteiger partial charge >= 0.3 is 0 Å². The predicted octanol–water partition coefficient (Wildman–Crippen LogP) is 2.02. The van der Waals surface area contributed by atoms with Crippen LogP contribution in [0, 0.1) is 0 Å². The van der Waals surface area contributed by atoms with Crippen molar-refractivity contribution in [1.82, 2.24) is 4.83 Å². The Balaban J connectivity index is 2.27. The third kappa shape index (κ3) is 3.96. The van der Waals surface area contributed by atoms with E-state index in [1.165, 1.54) is 39.7 Å². The number of benzene rings is 2. The molecule has 2 aromatic rings. The highest BCUT2D eigenvalue weighted by molar-refractivity contribution is 7.89. The Kier molecular flexibility index (Phi) is 5.64. The summed E-state index contributed by atoms with van der Waals surface area (Å²) in [4.78, 5) is 2.08. The van der Waals surface area contributed by atoms with Gasteiger partial charge in [-0.1, -0.05) is 12.1 Å². The fraction of sp³-hybridized carbons (Fsp3) is 0.188. The van der Waals surface area contributed by atoms with Crippen LogP contribution in [0.15, 0.2) is 52.5 Å². The Hall–Kier alpha value is -2.74. The van der Waals surface area contributed by atoms with Gasteiger partial charge in [0.2, 0.25) is 0 Å². The second-order valence-electron chi connectivity index (χ2n) is 4.61. The molecule has 24 heavy (non-hydrogen) atoms. The van der Waals surface area contributed by atoms with Gasteiger partial charge in [0.25, 0.3) is 10.0 Å². The maximum absolute atomic E-state index is 12.4. The van der Waals surface area contributed by atoms with E-state index >= 15 is 0 Å². The Morgan fingerprint density at radius 3 is 2.33 bits per heavy atom. The molecule has 0 unspecified atom stereocenters. The molecule has 0 aromatic heterocycles. The maximum atomic E-state index is 12.4. The molecule has 0 saturated heterocycles. The highest BCUT2D eigenvalue weighted by atomic mass is 32.2. The van der Waals surface area contributed by atoms with E-state index in [4.69, 9.17) is 14.2 Å². The number of hydrogen-bond acceptors (Lipinski definition) is 6. The summed E-state index contributed by atoms with van der Waals surface area (Å²) in [5.41, 5.74) is 0.639. The summed E-state index contributed by atoms with van der Waals surface area (Å²) in [6.07, 6.45) is 1.36. The van der Waals surface area contributed by atoms with Crippen molar-refractivity contribution in [3.8, 4) is 17.2 Å². The zero-order valence-corrected chi connectivity index (χ0v) is 14.3. The average Bonchev–Trinajstić information content (AvgIpc) is 2.61. The van der Waals surface area contributed by atoms with E-state index in [-0.39, 0.29) is 10.6 Å². The SMILES string of the molecule is COc1ccc(OC)c(S(=O)(=O)N/N=C/c2ccccc2OC)c1. The van der Waals surface area contributed by atoms with E-state index in [1.807, 2.05) is 0 Å². The monoisotopic (exact) mass is 350 g/mol. The molecule has 2 rings (SSSR count). The van der Waals surface area contributed by atoms with Crippen LogP contribution in [0.1, 0.15) is 5.56 Å². The lowest BCUT2D eigenvalue weighted by Gasteiger charge is -2.10. The number of methoxy groups -OCH3 is 3. The Morgan fingerprint density at radius 1 is 0.958 bits per heavy atom. The van der Waals surface area contributed by atoms with Gasteiger partial charge < -0.3 is 14.2 Å². The second kappa shape index (κ2) is 7.69. The summed E-state index contributed by atoms with van der Waals surface area (Å²) in [6.45, 7) is 0. The highest BCUT2D eigenvalue weighted by Crippen LogP contribution is 2.28. The van der Waals surface area contributed by atoms with Crippen molar-refractivity contribution in [3.63, 3.8) is 0 Å². The van der Waals surface area contributed by atoms with Crippen LogP contribution in [0.3, 0.4) is 0 Å². The molecule has 0 atom stereocenters. The van der Waals surface area contributed by atoms with Crippen molar-refractivity contribution in [2.75, 3.05) is 21.3 Å². The minimum Gasteiger partial charge on any atom is -0.497 e. The van der Waals surface area contributed by atoms with Crippen LogP contribution in [-0.4, -0.2) is 36.0 Å². The normalized spacial score (nSPS) is 11.3. The predicted molar refractivity (Wildman–Crippen MR) is 90.5 cm³/mol. The third-order valence-corrected chi connectivity index (χ3v) is 4.42. The van der Waals surface area contributed by atoms with Crippen molar-refractivity contribution >= 4 is 16.2 Å². The molecule has 0 aliphatic heterocycles. The Labute approximate surface area is 140 Å². The molecule has 0 amide bonds. The average molecular weight is 350 g/mol. The molecule has 0 bridgehead atoms. The van der Waals surface area contributed by atoms with E-state index in [0.29, 0.717) is 17.1 Å². The van der Waals surface area contributed by atoms with Crippen molar-refractivity contribution in [1.29, 1.82) is 0 Å². The molecule has 0 saturated carbocycles. The van der Waals surface area contributed by atoms with Crippen molar-refractivity contribution < 1.29 is 22.6 Å². The molecule has 1 N–H and O–H groups in total. The fourth-order valence-electron chi connectivity index (χ4n) is 1.98. The van der Waals surface area contributed by atoms with Gasteiger partial charge in [-0.05, 0) is 24.3 Å². The number of ether oxygens (including phenoxy) is 3. The highest BCUT2D eigenvalue weighted by Gasteiger charge is 2.20. The largest absolute Gasteiger partial charge is 0.497 e. The number of para-hydroxylation sites is 1. The fourth-order valence-corrected chi connectivity index (χ4v) is 2.96.